The molecule has 0 saturated heterocycles. The molecule has 1 aliphatic rings. The summed E-state index contributed by atoms with van der Waals surface area (Å²) in [5.41, 5.74) is 1.08. The van der Waals surface area contributed by atoms with E-state index in [0.717, 1.165) is 24.8 Å². The minimum absolute atomic E-state index is 0.272. The SMILES string of the molecule is CC[C@H](C(=O)Nc1ccc(OC2CCCC2)cc1)N(c1ccccc1)S(C)(=O)=O. The van der Waals surface area contributed by atoms with Crippen molar-refractivity contribution in [1.82, 2.24) is 0 Å². The van der Waals surface area contributed by atoms with Crippen LogP contribution in [0, 0.1) is 0 Å². The van der Waals surface area contributed by atoms with Gasteiger partial charge in [-0.25, -0.2) is 8.42 Å². The zero-order chi connectivity index (χ0) is 20.9. The standard InChI is InChI=1S/C22H28N2O4S/c1-3-21(24(29(2,26)27)18-9-5-4-6-10-18)22(25)23-17-13-15-20(16-14-17)28-19-11-7-8-12-19/h4-6,9-10,13-16,19,21H,3,7-8,11-12H2,1-2H3,(H,23,25)/t21-/m1/s1. The maximum atomic E-state index is 12.9. The van der Waals surface area contributed by atoms with Crippen molar-refractivity contribution in [2.45, 2.75) is 51.2 Å². The fourth-order valence-electron chi connectivity index (χ4n) is 3.68. The number of amides is 1. The molecule has 1 atom stereocenters. The molecule has 0 aromatic heterocycles. The second-order valence-electron chi connectivity index (χ2n) is 7.36. The third kappa shape index (κ3) is 5.50. The lowest BCUT2D eigenvalue weighted by Gasteiger charge is -2.30. The first-order valence-corrected chi connectivity index (χ1v) is 11.9. The molecule has 1 amide bonds. The summed E-state index contributed by atoms with van der Waals surface area (Å²) < 4.78 is 32.0. The number of carbonyl (C=O) groups excluding carboxylic acids is 1. The summed E-state index contributed by atoms with van der Waals surface area (Å²) in [4.78, 5) is 12.9. The Kier molecular flexibility index (Phi) is 6.79. The third-order valence-corrected chi connectivity index (χ3v) is 6.25. The molecule has 29 heavy (non-hydrogen) atoms. The highest BCUT2D eigenvalue weighted by atomic mass is 32.2. The first kappa shape index (κ1) is 21.2. The molecule has 0 bridgehead atoms. The van der Waals surface area contributed by atoms with Crippen LogP contribution < -0.4 is 14.4 Å². The second-order valence-corrected chi connectivity index (χ2v) is 9.22. The minimum Gasteiger partial charge on any atom is -0.490 e. The molecule has 0 aliphatic heterocycles. The number of rotatable bonds is 8. The Balaban J connectivity index is 1.73. The van der Waals surface area contributed by atoms with E-state index in [4.69, 9.17) is 4.74 Å². The number of anilines is 2. The van der Waals surface area contributed by atoms with Gasteiger partial charge in [0.15, 0.2) is 0 Å². The van der Waals surface area contributed by atoms with Gasteiger partial charge in [0, 0.05) is 5.69 Å². The lowest BCUT2D eigenvalue weighted by Crippen LogP contribution is -2.46. The number of sulfonamides is 1. The highest BCUT2D eigenvalue weighted by molar-refractivity contribution is 7.92. The van der Waals surface area contributed by atoms with Gasteiger partial charge in [0.2, 0.25) is 15.9 Å². The van der Waals surface area contributed by atoms with Crippen LogP contribution >= 0.6 is 0 Å². The zero-order valence-electron chi connectivity index (χ0n) is 16.9. The molecule has 3 rings (SSSR count). The molecule has 6 nitrogen and oxygen atoms in total. The van der Waals surface area contributed by atoms with Gasteiger partial charge >= 0.3 is 0 Å². The number of hydrogen-bond donors (Lipinski definition) is 1. The maximum Gasteiger partial charge on any atom is 0.248 e. The highest BCUT2D eigenvalue weighted by Crippen LogP contribution is 2.26. The van der Waals surface area contributed by atoms with E-state index in [2.05, 4.69) is 5.32 Å². The first-order chi connectivity index (χ1) is 13.9. The average molecular weight is 417 g/mol. The van der Waals surface area contributed by atoms with Crippen LogP contribution in [-0.4, -0.2) is 32.7 Å². The largest absolute Gasteiger partial charge is 0.490 e. The molecule has 0 radical (unpaired) electrons. The topological polar surface area (TPSA) is 75.7 Å². The lowest BCUT2D eigenvalue weighted by molar-refractivity contribution is -0.117. The summed E-state index contributed by atoms with van der Waals surface area (Å²) in [6.45, 7) is 1.80. The normalized spacial score (nSPS) is 15.7. The van der Waals surface area contributed by atoms with Crippen LogP contribution in [0.1, 0.15) is 39.0 Å². The number of nitrogens with zero attached hydrogens (tertiary/aromatic N) is 1. The highest BCUT2D eigenvalue weighted by Gasteiger charge is 2.31. The number of benzene rings is 2. The molecule has 1 fully saturated rings. The molecule has 156 valence electrons. The Morgan fingerprint density at radius 3 is 2.28 bits per heavy atom. The van der Waals surface area contributed by atoms with Crippen molar-refractivity contribution >= 4 is 27.3 Å². The lowest BCUT2D eigenvalue weighted by atomic mass is 10.1. The number of ether oxygens (including phenoxy) is 1. The van der Waals surface area contributed by atoms with Gasteiger partial charge in [-0.15, -0.1) is 0 Å². The number of nitrogens with one attached hydrogen (secondary N) is 1. The van der Waals surface area contributed by atoms with E-state index in [1.165, 1.54) is 17.1 Å². The summed E-state index contributed by atoms with van der Waals surface area (Å²) >= 11 is 0. The molecule has 0 heterocycles. The molecular weight excluding hydrogens is 388 g/mol. The van der Waals surface area contributed by atoms with Crippen molar-refractivity contribution in [2.24, 2.45) is 0 Å². The average Bonchev–Trinajstić information content (AvgIpc) is 3.20. The van der Waals surface area contributed by atoms with E-state index in [0.29, 0.717) is 17.8 Å². The van der Waals surface area contributed by atoms with Gasteiger partial charge in [0.05, 0.1) is 18.0 Å². The summed E-state index contributed by atoms with van der Waals surface area (Å²) in [5, 5.41) is 2.84. The quantitative estimate of drug-likeness (QED) is 0.700. The summed E-state index contributed by atoms with van der Waals surface area (Å²) in [5.74, 6) is 0.412. The van der Waals surface area contributed by atoms with Crippen molar-refractivity contribution in [3.63, 3.8) is 0 Å². The van der Waals surface area contributed by atoms with Crippen molar-refractivity contribution in [1.29, 1.82) is 0 Å². The van der Waals surface area contributed by atoms with Gasteiger partial charge in [-0.05, 0) is 68.5 Å². The van der Waals surface area contributed by atoms with Crippen LogP contribution in [-0.2, 0) is 14.8 Å². The van der Waals surface area contributed by atoms with Gasteiger partial charge in [-0.1, -0.05) is 25.1 Å². The van der Waals surface area contributed by atoms with Crippen molar-refractivity contribution in [3.05, 3.63) is 54.6 Å². The Morgan fingerprint density at radius 1 is 1.10 bits per heavy atom. The first-order valence-electron chi connectivity index (χ1n) is 10.0. The van der Waals surface area contributed by atoms with Gasteiger partial charge in [0.25, 0.3) is 0 Å². The van der Waals surface area contributed by atoms with E-state index >= 15 is 0 Å². The Bertz CT molecular complexity index is 908. The second kappa shape index (κ2) is 9.31. The predicted octanol–water partition coefficient (Wildman–Crippen LogP) is 4.19. The molecule has 1 aliphatic carbocycles. The van der Waals surface area contributed by atoms with Crippen LogP contribution in [0.25, 0.3) is 0 Å². The van der Waals surface area contributed by atoms with E-state index in [-0.39, 0.29) is 12.0 Å². The molecule has 2 aromatic carbocycles. The van der Waals surface area contributed by atoms with Crippen molar-refractivity contribution < 1.29 is 17.9 Å². The van der Waals surface area contributed by atoms with Crippen LogP contribution in [0.15, 0.2) is 54.6 Å². The fourth-order valence-corrected chi connectivity index (χ4v) is 4.89. The minimum atomic E-state index is -3.63. The van der Waals surface area contributed by atoms with E-state index in [9.17, 15) is 13.2 Å². The molecule has 2 aromatic rings. The zero-order valence-corrected chi connectivity index (χ0v) is 17.7. The van der Waals surface area contributed by atoms with Gasteiger partial charge in [0.1, 0.15) is 11.8 Å². The Labute approximate surface area is 172 Å². The Hall–Kier alpha value is -2.54. The van der Waals surface area contributed by atoms with Crippen LogP contribution in [0.2, 0.25) is 0 Å². The molecule has 1 saturated carbocycles. The summed E-state index contributed by atoms with van der Waals surface area (Å²) in [6, 6.07) is 15.1. The monoisotopic (exact) mass is 416 g/mol. The Morgan fingerprint density at radius 2 is 1.72 bits per heavy atom. The van der Waals surface area contributed by atoms with Crippen LogP contribution in [0.4, 0.5) is 11.4 Å². The maximum absolute atomic E-state index is 12.9. The molecule has 0 spiro atoms. The number of carbonyl (C=O) groups is 1. The van der Waals surface area contributed by atoms with E-state index in [1.54, 1.807) is 49.4 Å². The van der Waals surface area contributed by atoms with Gasteiger partial charge < -0.3 is 10.1 Å². The van der Waals surface area contributed by atoms with Crippen molar-refractivity contribution in [3.8, 4) is 5.75 Å². The molecular formula is C22H28N2O4S. The number of hydrogen-bond acceptors (Lipinski definition) is 4. The smallest absolute Gasteiger partial charge is 0.248 e. The van der Waals surface area contributed by atoms with E-state index < -0.39 is 16.1 Å². The van der Waals surface area contributed by atoms with Gasteiger partial charge in [-0.3, -0.25) is 9.10 Å². The third-order valence-electron chi connectivity index (χ3n) is 5.07. The summed E-state index contributed by atoms with van der Waals surface area (Å²) in [7, 11) is -3.63. The van der Waals surface area contributed by atoms with Gasteiger partial charge in [-0.2, -0.15) is 0 Å². The summed E-state index contributed by atoms with van der Waals surface area (Å²) in [6.07, 6.45) is 6.30. The molecule has 0 unspecified atom stereocenters. The van der Waals surface area contributed by atoms with E-state index in [1.807, 2.05) is 12.1 Å². The van der Waals surface area contributed by atoms with Crippen molar-refractivity contribution in [2.75, 3.05) is 15.9 Å². The molecule has 7 heteroatoms. The molecule has 1 N–H and O–H groups in total. The van der Waals surface area contributed by atoms with Crippen LogP contribution in [0.5, 0.6) is 5.75 Å². The van der Waals surface area contributed by atoms with Crippen LogP contribution in [0.3, 0.4) is 0 Å². The predicted molar refractivity (Wildman–Crippen MR) is 116 cm³/mol. The fraction of sp³-hybridized carbons (Fsp3) is 0.409. The number of para-hydroxylation sites is 1.